The molecule has 0 aromatic rings. The van der Waals surface area contributed by atoms with Gasteiger partial charge in [-0.2, -0.15) is 0 Å². The second-order valence-corrected chi connectivity index (χ2v) is 4.90. The van der Waals surface area contributed by atoms with Crippen LogP contribution >= 0.6 is 0 Å². The van der Waals surface area contributed by atoms with Gasteiger partial charge in [0.15, 0.2) is 0 Å². The first kappa shape index (κ1) is 14.5. The minimum atomic E-state index is -0.192. The molecule has 17 heavy (non-hydrogen) atoms. The van der Waals surface area contributed by atoms with E-state index < -0.39 is 0 Å². The van der Waals surface area contributed by atoms with Crippen LogP contribution in [0.15, 0.2) is 0 Å². The molecule has 1 unspecified atom stereocenters. The largest absolute Gasteiger partial charge is 0.468 e. The molecule has 0 aliphatic carbocycles. The van der Waals surface area contributed by atoms with Crippen molar-refractivity contribution in [2.75, 3.05) is 33.8 Å². The number of likely N-dealkylation sites (tertiary alicyclic amines) is 1. The number of nitrogens with one attached hydrogen (secondary N) is 1. The van der Waals surface area contributed by atoms with Crippen molar-refractivity contribution in [2.24, 2.45) is 5.92 Å². The number of carbonyl (C=O) groups is 1. The van der Waals surface area contributed by atoms with Crippen molar-refractivity contribution in [3.8, 4) is 0 Å². The van der Waals surface area contributed by atoms with Crippen molar-refractivity contribution in [1.82, 2.24) is 10.2 Å². The Morgan fingerprint density at radius 1 is 1.47 bits per heavy atom. The van der Waals surface area contributed by atoms with Crippen LogP contribution in [0.1, 0.15) is 32.6 Å². The lowest BCUT2D eigenvalue weighted by molar-refractivity contribution is -0.143. The number of hydrogen-bond acceptors (Lipinski definition) is 4. The maximum Gasteiger partial charge on any atom is 0.324 e. The lowest BCUT2D eigenvalue weighted by Gasteiger charge is -2.33. The molecule has 1 atom stereocenters. The van der Waals surface area contributed by atoms with E-state index in [1.54, 1.807) is 0 Å². The maximum atomic E-state index is 11.5. The molecule has 1 heterocycles. The summed E-state index contributed by atoms with van der Waals surface area (Å²) in [5, 5.41) is 3.02. The zero-order valence-corrected chi connectivity index (χ0v) is 11.4. The van der Waals surface area contributed by atoms with Gasteiger partial charge >= 0.3 is 5.97 Å². The molecule has 0 bridgehead atoms. The first-order valence-corrected chi connectivity index (χ1v) is 6.68. The predicted molar refractivity (Wildman–Crippen MR) is 68.9 cm³/mol. The zero-order valence-electron chi connectivity index (χ0n) is 11.4. The molecule has 0 radical (unpaired) electrons. The first-order chi connectivity index (χ1) is 8.21. The fourth-order valence-corrected chi connectivity index (χ4v) is 2.55. The molecule has 4 nitrogen and oxygen atoms in total. The number of ether oxygens (including phenoxy) is 1. The molecule has 0 aromatic carbocycles. The van der Waals surface area contributed by atoms with E-state index in [1.807, 2.05) is 7.05 Å². The van der Waals surface area contributed by atoms with Gasteiger partial charge in [0, 0.05) is 6.54 Å². The summed E-state index contributed by atoms with van der Waals surface area (Å²) in [5.74, 6) is 0.727. The van der Waals surface area contributed by atoms with Crippen LogP contribution in [0.3, 0.4) is 0 Å². The van der Waals surface area contributed by atoms with Crippen molar-refractivity contribution in [1.29, 1.82) is 0 Å². The van der Waals surface area contributed by atoms with Crippen LogP contribution in [0.2, 0.25) is 0 Å². The molecule has 1 aliphatic heterocycles. The number of methoxy groups -OCH3 is 1. The molecule has 1 aliphatic rings. The van der Waals surface area contributed by atoms with Gasteiger partial charge in [-0.15, -0.1) is 0 Å². The third kappa shape index (κ3) is 4.64. The summed E-state index contributed by atoms with van der Waals surface area (Å²) in [6.07, 6.45) is 5.17. The summed E-state index contributed by atoms with van der Waals surface area (Å²) in [7, 11) is 3.26. The standard InChI is InChI=1S/C13H26N2O2/c1-4-5-11-6-8-15(9-7-11)10-12(14-2)13(16)17-3/h11-12,14H,4-10H2,1-3H3. The van der Waals surface area contributed by atoms with Gasteiger partial charge in [-0.3, -0.25) is 4.79 Å². The van der Waals surface area contributed by atoms with Gasteiger partial charge in [-0.1, -0.05) is 19.8 Å². The molecule has 1 rings (SSSR count). The number of carbonyl (C=O) groups excluding carboxylic acids is 1. The zero-order chi connectivity index (χ0) is 12.7. The SMILES string of the molecule is CCCC1CCN(CC(NC)C(=O)OC)CC1. The normalized spacial score (nSPS) is 20.2. The van der Waals surface area contributed by atoms with E-state index in [2.05, 4.69) is 17.1 Å². The highest BCUT2D eigenvalue weighted by Gasteiger charge is 2.24. The molecule has 1 saturated heterocycles. The van der Waals surface area contributed by atoms with Crippen LogP contribution in [-0.2, 0) is 9.53 Å². The van der Waals surface area contributed by atoms with E-state index in [0.29, 0.717) is 0 Å². The van der Waals surface area contributed by atoms with Gasteiger partial charge in [0.05, 0.1) is 7.11 Å². The number of hydrogen-bond donors (Lipinski definition) is 1. The monoisotopic (exact) mass is 242 g/mol. The molecule has 4 heteroatoms. The number of piperidine rings is 1. The van der Waals surface area contributed by atoms with Gasteiger partial charge in [0.1, 0.15) is 6.04 Å². The number of rotatable bonds is 6. The van der Waals surface area contributed by atoms with Gasteiger partial charge in [0.2, 0.25) is 0 Å². The lowest BCUT2D eigenvalue weighted by atomic mass is 9.92. The molecule has 1 fully saturated rings. The Balaban J connectivity index is 2.31. The first-order valence-electron chi connectivity index (χ1n) is 6.68. The molecule has 100 valence electrons. The summed E-state index contributed by atoms with van der Waals surface area (Å²) < 4.78 is 4.78. The van der Waals surface area contributed by atoms with E-state index in [0.717, 1.165) is 25.6 Å². The molecule has 0 amide bonds. The third-order valence-electron chi connectivity index (χ3n) is 3.68. The molecule has 1 N–H and O–H groups in total. The average Bonchev–Trinajstić information content (AvgIpc) is 2.37. The van der Waals surface area contributed by atoms with Crippen molar-refractivity contribution >= 4 is 5.97 Å². The minimum absolute atomic E-state index is 0.164. The highest BCUT2D eigenvalue weighted by molar-refractivity contribution is 5.75. The topological polar surface area (TPSA) is 41.6 Å². The van der Waals surface area contributed by atoms with Crippen molar-refractivity contribution in [2.45, 2.75) is 38.6 Å². The molecule has 0 spiro atoms. The van der Waals surface area contributed by atoms with Crippen molar-refractivity contribution < 1.29 is 9.53 Å². The van der Waals surface area contributed by atoms with E-state index in [4.69, 9.17) is 4.74 Å². The summed E-state index contributed by atoms with van der Waals surface area (Å²) in [5.41, 5.74) is 0. The Kier molecular flexibility index (Phi) is 6.52. The van der Waals surface area contributed by atoms with Crippen LogP contribution in [0.25, 0.3) is 0 Å². The van der Waals surface area contributed by atoms with E-state index in [-0.39, 0.29) is 12.0 Å². The van der Waals surface area contributed by atoms with E-state index in [9.17, 15) is 4.79 Å². The van der Waals surface area contributed by atoms with Crippen LogP contribution in [0, 0.1) is 5.92 Å². The fraction of sp³-hybridized carbons (Fsp3) is 0.923. The van der Waals surface area contributed by atoms with Gasteiger partial charge < -0.3 is 15.0 Å². The molecule has 0 aromatic heterocycles. The minimum Gasteiger partial charge on any atom is -0.468 e. The average molecular weight is 242 g/mol. The lowest BCUT2D eigenvalue weighted by Crippen LogP contribution is -2.47. The Morgan fingerprint density at radius 2 is 2.12 bits per heavy atom. The Bertz CT molecular complexity index is 225. The second kappa shape index (κ2) is 7.67. The maximum absolute atomic E-state index is 11.5. The number of likely N-dealkylation sites (N-methyl/N-ethyl adjacent to an activating group) is 1. The van der Waals surface area contributed by atoms with Gasteiger partial charge in [0.25, 0.3) is 0 Å². The number of nitrogens with zero attached hydrogens (tertiary/aromatic N) is 1. The highest BCUT2D eigenvalue weighted by atomic mass is 16.5. The molecule has 0 saturated carbocycles. The van der Waals surface area contributed by atoms with Gasteiger partial charge in [-0.05, 0) is 38.9 Å². The fourth-order valence-electron chi connectivity index (χ4n) is 2.55. The smallest absolute Gasteiger partial charge is 0.324 e. The quantitative estimate of drug-likeness (QED) is 0.712. The van der Waals surface area contributed by atoms with Crippen molar-refractivity contribution in [3.63, 3.8) is 0 Å². The van der Waals surface area contributed by atoms with Crippen LogP contribution in [0.5, 0.6) is 0 Å². The van der Waals surface area contributed by atoms with E-state index >= 15 is 0 Å². The predicted octanol–water partition coefficient (Wildman–Crippen LogP) is 1.26. The molecular formula is C13H26N2O2. The van der Waals surface area contributed by atoms with Crippen LogP contribution < -0.4 is 5.32 Å². The third-order valence-corrected chi connectivity index (χ3v) is 3.68. The highest BCUT2D eigenvalue weighted by Crippen LogP contribution is 2.21. The number of esters is 1. The Labute approximate surface area is 105 Å². The van der Waals surface area contributed by atoms with Gasteiger partial charge in [-0.25, -0.2) is 0 Å². The second-order valence-electron chi connectivity index (χ2n) is 4.90. The molecular weight excluding hydrogens is 216 g/mol. The summed E-state index contributed by atoms with van der Waals surface area (Å²) >= 11 is 0. The van der Waals surface area contributed by atoms with Crippen LogP contribution in [-0.4, -0.2) is 50.7 Å². The van der Waals surface area contributed by atoms with Crippen molar-refractivity contribution in [3.05, 3.63) is 0 Å². The Hall–Kier alpha value is -0.610. The summed E-state index contributed by atoms with van der Waals surface area (Å²) in [4.78, 5) is 13.8. The van der Waals surface area contributed by atoms with Crippen LogP contribution in [0.4, 0.5) is 0 Å². The summed E-state index contributed by atoms with van der Waals surface area (Å²) in [6.45, 7) is 5.24. The Morgan fingerprint density at radius 3 is 2.59 bits per heavy atom. The van der Waals surface area contributed by atoms with E-state index in [1.165, 1.54) is 32.8 Å². The summed E-state index contributed by atoms with van der Waals surface area (Å²) in [6, 6.07) is -0.192.